The van der Waals surface area contributed by atoms with E-state index < -0.39 is 5.41 Å². The zero-order chi connectivity index (χ0) is 21.0. The summed E-state index contributed by atoms with van der Waals surface area (Å²) >= 11 is 0. The van der Waals surface area contributed by atoms with Crippen molar-refractivity contribution in [2.75, 3.05) is 19.6 Å². The number of hydrogen-bond acceptors (Lipinski definition) is 3. The molecule has 3 aromatic rings. The highest BCUT2D eigenvalue weighted by Gasteiger charge is 2.49. The van der Waals surface area contributed by atoms with Crippen LogP contribution in [0.2, 0.25) is 0 Å². The average Bonchev–Trinajstić information content (AvgIpc) is 3.24. The molecule has 0 unspecified atom stereocenters. The smallest absolute Gasteiger partial charge is 0.232 e. The number of hydrogen-bond donors (Lipinski definition) is 2. The van der Waals surface area contributed by atoms with Crippen molar-refractivity contribution in [1.29, 1.82) is 0 Å². The van der Waals surface area contributed by atoms with Gasteiger partial charge in [-0.2, -0.15) is 0 Å². The molecule has 4 rings (SSSR count). The summed E-state index contributed by atoms with van der Waals surface area (Å²) < 4.78 is 0. The summed E-state index contributed by atoms with van der Waals surface area (Å²) in [5.74, 6) is 0.113. The van der Waals surface area contributed by atoms with Crippen LogP contribution in [0.25, 0.3) is 0 Å². The van der Waals surface area contributed by atoms with Gasteiger partial charge >= 0.3 is 0 Å². The topological polar surface area (TPSA) is 66.6 Å². The minimum absolute atomic E-state index is 0.111. The van der Waals surface area contributed by atoms with E-state index >= 15 is 0 Å². The van der Waals surface area contributed by atoms with Crippen LogP contribution in [0.15, 0.2) is 84.9 Å². The van der Waals surface area contributed by atoms with Crippen LogP contribution >= 0.6 is 0 Å². The summed E-state index contributed by atoms with van der Waals surface area (Å²) in [6.45, 7) is 2.68. The molecule has 0 aliphatic carbocycles. The van der Waals surface area contributed by atoms with Crippen molar-refractivity contribution in [3.8, 4) is 5.75 Å². The Labute approximate surface area is 178 Å². The molecule has 1 aliphatic rings. The first-order valence-electron chi connectivity index (χ1n) is 10.5. The molecule has 3 aromatic carbocycles. The molecule has 0 bridgehead atoms. The Morgan fingerprint density at radius 3 is 2.03 bits per heavy atom. The SMILES string of the molecule is NC(=O)C(c1ccccc1)(c1ccccc1)[C@@H]1CCN(CCc2ccc(O)cc2)C1. The van der Waals surface area contributed by atoms with Gasteiger partial charge < -0.3 is 15.7 Å². The normalized spacial score (nSPS) is 17.1. The van der Waals surface area contributed by atoms with Crippen molar-refractivity contribution < 1.29 is 9.90 Å². The lowest BCUT2D eigenvalue weighted by Gasteiger charge is -2.37. The lowest BCUT2D eigenvalue weighted by molar-refractivity contribution is -0.123. The molecule has 1 amide bonds. The summed E-state index contributed by atoms with van der Waals surface area (Å²) in [4.78, 5) is 15.5. The maximum atomic E-state index is 13.1. The molecule has 0 spiro atoms. The number of likely N-dealkylation sites (tertiary alicyclic amines) is 1. The minimum atomic E-state index is -0.837. The molecule has 30 heavy (non-hydrogen) atoms. The second-order valence-corrected chi connectivity index (χ2v) is 8.11. The second-order valence-electron chi connectivity index (χ2n) is 8.11. The van der Waals surface area contributed by atoms with Gasteiger partial charge in [-0.25, -0.2) is 0 Å². The number of benzene rings is 3. The molecular formula is C26H28N2O2. The van der Waals surface area contributed by atoms with Crippen LogP contribution in [0, 0.1) is 5.92 Å². The lowest BCUT2D eigenvalue weighted by Crippen LogP contribution is -2.49. The van der Waals surface area contributed by atoms with Gasteiger partial charge in [-0.3, -0.25) is 4.79 Å². The third-order valence-corrected chi connectivity index (χ3v) is 6.38. The summed E-state index contributed by atoms with van der Waals surface area (Å²) in [5.41, 5.74) is 8.45. The Bertz CT molecular complexity index is 931. The van der Waals surface area contributed by atoms with Gasteiger partial charge in [-0.05, 0) is 54.1 Å². The number of carbonyl (C=O) groups is 1. The van der Waals surface area contributed by atoms with Gasteiger partial charge in [0.15, 0.2) is 0 Å². The molecule has 0 radical (unpaired) electrons. The number of nitrogens with two attached hydrogens (primary N) is 1. The number of primary amides is 1. The number of phenolic OH excluding ortho intramolecular Hbond substituents is 1. The van der Waals surface area contributed by atoms with E-state index in [4.69, 9.17) is 5.73 Å². The molecule has 154 valence electrons. The fourth-order valence-electron chi connectivity index (χ4n) is 4.86. The third-order valence-electron chi connectivity index (χ3n) is 6.38. The number of amides is 1. The Morgan fingerprint density at radius 2 is 1.50 bits per heavy atom. The van der Waals surface area contributed by atoms with Gasteiger partial charge in [0.2, 0.25) is 5.91 Å². The van der Waals surface area contributed by atoms with E-state index in [2.05, 4.69) is 4.90 Å². The summed E-state index contributed by atoms with van der Waals surface area (Å²) in [6, 6.07) is 27.3. The van der Waals surface area contributed by atoms with Crippen LogP contribution in [0.5, 0.6) is 5.75 Å². The van der Waals surface area contributed by atoms with E-state index in [9.17, 15) is 9.90 Å². The predicted molar refractivity (Wildman–Crippen MR) is 119 cm³/mol. The van der Waals surface area contributed by atoms with Crippen LogP contribution in [0.1, 0.15) is 23.1 Å². The van der Waals surface area contributed by atoms with Crippen molar-refractivity contribution >= 4 is 5.91 Å². The van der Waals surface area contributed by atoms with Crippen molar-refractivity contribution in [2.24, 2.45) is 11.7 Å². The van der Waals surface area contributed by atoms with Crippen LogP contribution in [-0.4, -0.2) is 35.5 Å². The highest BCUT2D eigenvalue weighted by molar-refractivity contribution is 5.91. The van der Waals surface area contributed by atoms with Gasteiger partial charge in [-0.1, -0.05) is 72.8 Å². The van der Waals surface area contributed by atoms with Crippen molar-refractivity contribution in [3.63, 3.8) is 0 Å². The van der Waals surface area contributed by atoms with E-state index in [1.54, 1.807) is 12.1 Å². The first-order valence-corrected chi connectivity index (χ1v) is 10.5. The number of nitrogens with zero attached hydrogens (tertiary/aromatic N) is 1. The highest BCUT2D eigenvalue weighted by atomic mass is 16.3. The first-order chi connectivity index (χ1) is 14.6. The highest BCUT2D eigenvalue weighted by Crippen LogP contribution is 2.43. The monoisotopic (exact) mass is 400 g/mol. The van der Waals surface area contributed by atoms with E-state index in [0.29, 0.717) is 0 Å². The maximum absolute atomic E-state index is 13.1. The predicted octanol–water partition coefficient (Wildman–Crippen LogP) is 3.73. The van der Waals surface area contributed by atoms with Gasteiger partial charge in [0, 0.05) is 13.1 Å². The van der Waals surface area contributed by atoms with Crippen molar-refractivity contribution in [2.45, 2.75) is 18.3 Å². The standard InChI is InChI=1S/C26H28N2O2/c27-25(30)26(21-7-3-1-4-8-21,22-9-5-2-6-10-22)23-16-18-28(19-23)17-15-20-11-13-24(29)14-12-20/h1-14,23,29H,15-19H2,(H2,27,30)/t23-/m1/s1. The number of aromatic hydroxyl groups is 1. The molecule has 0 aromatic heterocycles. The number of rotatable bonds is 7. The quantitative estimate of drug-likeness (QED) is 0.635. The number of phenols is 1. The lowest BCUT2D eigenvalue weighted by atomic mass is 9.64. The van der Waals surface area contributed by atoms with E-state index in [1.807, 2.05) is 72.8 Å². The van der Waals surface area contributed by atoms with Gasteiger partial charge in [0.1, 0.15) is 11.2 Å². The van der Waals surface area contributed by atoms with Crippen molar-refractivity contribution in [3.05, 3.63) is 102 Å². The van der Waals surface area contributed by atoms with Crippen LogP contribution in [-0.2, 0) is 16.6 Å². The van der Waals surface area contributed by atoms with Gasteiger partial charge in [0.05, 0.1) is 0 Å². The average molecular weight is 401 g/mol. The fourth-order valence-corrected chi connectivity index (χ4v) is 4.86. The van der Waals surface area contributed by atoms with Crippen LogP contribution < -0.4 is 5.73 Å². The minimum Gasteiger partial charge on any atom is -0.508 e. The van der Waals surface area contributed by atoms with E-state index in [0.717, 1.165) is 43.6 Å². The van der Waals surface area contributed by atoms with Gasteiger partial charge in [-0.15, -0.1) is 0 Å². The Morgan fingerprint density at radius 1 is 0.933 bits per heavy atom. The molecule has 1 atom stereocenters. The largest absolute Gasteiger partial charge is 0.508 e. The molecule has 1 fully saturated rings. The van der Waals surface area contributed by atoms with E-state index in [1.165, 1.54) is 5.56 Å². The Kier molecular flexibility index (Phi) is 5.86. The zero-order valence-corrected chi connectivity index (χ0v) is 17.1. The molecule has 0 saturated carbocycles. The van der Waals surface area contributed by atoms with E-state index in [-0.39, 0.29) is 17.6 Å². The summed E-state index contributed by atoms with van der Waals surface area (Å²) in [7, 11) is 0. The van der Waals surface area contributed by atoms with Crippen LogP contribution in [0.3, 0.4) is 0 Å². The summed E-state index contributed by atoms with van der Waals surface area (Å²) in [6.07, 6.45) is 1.83. The molecule has 1 aliphatic heterocycles. The molecule has 1 heterocycles. The fraction of sp³-hybridized carbons (Fsp3) is 0.269. The summed E-state index contributed by atoms with van der Waals surface area (Å²) in [5, 5.41) is 9.47. The molecule has 4 nitrogen and oxygen atoms in total. The molecular weight excluding hydrogens is 372 g/mol. The number of carbonyl (C=O) groups excluding carboxylic acids is 1. The van der Waals surface area contributed by atoms with Gasteiger partial charge in [0.25, 0.3) is 0 Å². The third kappa shape index (κ3) is 3.83. The Balaban J connectivity index is 1.60. The van der Waals surface area contributed by atoms with Crippen LogP contribution in [0.4, 0.5) is 0 Å². The van der Waals surface area contributed by atoms with Crippen molar-refractivity contribution in [1.82, 2.24) is 4.90 Å². The first kappa shape index (κ1) is 20.2. The second kappa shape index (κ2) is 8.72. The maximum Gasteiger partial charge on any atom is 0.232 e. The molecule has 4 heteroatoms. The zero-order valence-electron chi connectivity index (χ0n) is 17.1. The molecule has 3 N–H and O–H groups in total. The Hall–Kier alpha value is -3.11. The molecule has 1 saturated heterocycles.